The van der Waals surface area contributed by atoms with Crippen LogP contribution in [0.1, 0.15) is 44.2 Å². The molecular formula is C22H28BrN5O2. The first-order valence-corrected chi connectivity index (χ1v) is 11.4. The molecule has 160 valence electrons. The minimum atomic E-state index is -0.475. The molecule has 3 atom stereocenters. The van der Waals surface area contributed by atoms with Gasteiger partial charge in [0.1, 0.15) is 0 Å². The number of benzene rings is 1. The van der Waals surface area contributed by atoms with Crippen molar-refractivity contribution in [3.63, 3.8) is 0 Å². The molecule has 3 N–H and O–H groups in total. The van der Waals surface area contributed by atoms with Gasteiger partial charge in [-0.3, -0.25) is 15.1 Å². The zero-order valence-electron chi connectivity index (χ0n) is 17.0. The van der Waals surface area contributed by atoms with E-state index in [9.17, 15) is 10.1 Å². The van der Waals surface area contributed by atoms with E-state index in [2.05, 4.69) is 31.1 Å². The van der Waals surface area contributed by atoms with Crippen LogP contribution in [0.4, 0.5) is 11.4 Å². The first-order chi connectivity index (χ1) is 14.5. The zero-order chi connectivity index (χ0) is 21.1. The van der Waals surface area contributed by atoms with Gasteiger partial charge in [0.05, 0.1) is 16.2 Å². The smallest absolute Gasteiger partial charge is 0.269 e. The number of nitro groups is 1. The molecule has 1 aliphatic carbocycles. The summed E-state index contributed by atoms with van der Waals surface area (Å²) in [6, 6.07) is 11.3. The van der Waals surface area contributed by atoms with Gasteiger partial charge >= 0.3 is 0 Å². The second-order valence-corrected chi connectivity index (χ2v) is 9.34. The Morgan fingerprint density at radius 1 is 1.20 bits per heavy atom. The monoisotopic (exact) mass is 473 g/mol. The van der Waals surface area contributed by atoms with Gasteiger partial charge in [-0.25, -0.2) is 0 Å². The lowest BCUT2D eigenvalue weighted by molar-refractivity contribution is -0.384. The van der Waals surface area contributed by atoms with E-state index in [0.29, 0.717) is 6.04 Å². The highest BCUT2D eigenvalue weighted by Crippen LogP contribution is 2.36. The maximum atomic E-state index is 10.9. The van der Waals surface area contributed by atoms with Crippen molar-refractivity contribution in [3.8, 4) is 0 Å². The fraction of sp³-hybridized carbons (Fsp3) is 0.500. The average molecular weight is 474 g/mol. The number of nitro benzene ring substituents is 1. The van der Waals surface area contributed by atoms with Crippen molar-refractivity contribution in [1.82, 2.24) is 10.3 Å². The van der Waals surface area contributed by atoms with Crippen molar-refractivity contribution in [2.24, 2.45) is 5.73 Å². The maximum absolute atomic E-state index is 10.9. The Bertz CT molecular complexity index is 893. The Morgan fingerprint density at radius 2 is 2.00 bits per heavy atom. The third kappa shape index (κ3) is 4.50. The van der Waals surface area contributed by atoms with E-state index in [1.165, 1.54) is 6.42 Å². The Labute approximate surface area is 185 Å². The number of anilines is 1. The van der Waals surface area contributed by atoms with Crippen LogP contribution >= 0.6 is 15.9 Å². The summed E-state index contributed by atoms with van der Waals surface area (Å²) in [5.74, 6) is 0. The van der Waals surface area contributed by atoms with Gasteiger partial charge in [-0.2, -0.15) is 0 Å². The number of aromatic nitrogens is 1. The summed E-state index contributed by atoms with van der Waals surface area (Å²) >= 11 is 3.55. The van der Waals surface area contributed by atoms with Crippen LogP contribution in [0.15, 0.2) is 47.1 Å². The molecule has 2 aromatic rings. The van der Waals surface area contributed by atoms with Crippen molar-refractivity contribution in [1.29, 1.82) is 0 Å². The van der Waals surface area contributed by atoms with Gasteiger partial charge in [0.15, 0.2) is 0 Å². The quantitative estimate of drug-likeness (QED) is 0.500. The second-order valence-electron chi connectivity index (χ2n) is 8.42. The lowest BCUT2D eigenvalue weighted by Crippen LogP contribution is -2.61. The Morgan fingerprint density at radius 3 is 2.73 bits per heavy atom. The molecule has 1 aliphatic heterocycles. The summed E-state index contributed by atoms with van der Waals surface area (Å²) in [4.78, 5) is 17.5. The number of nitrogens with two attached hydrogens (primary N) is 1. The van der Waals surface area contributed by atoms with Crippen molar-refractivity contribution in [3.05, 3.63) is 62.9 Å². The summed E-state index contributed by atoms with van der Waals surface area (Å²) < 4.78 is 1.00. The van der Waals surface area contributed by atoms with E-state index in [4.69, 9.17) is 5.73 Å². The number of hydrogen-bond donors (Lipinski definition) is 2. The Kier molecular flexibility index (Phi) is 6.36. The van der Waals surface area contributed by atoms with Gasteiger partial charge in [-0.1, -0.05) is 28.8 Å². The number of hydrogen-bond acceptors (Lipinski definition) is 6. The van der Waals surface area contributed by atoms with E-state index >= 15 is 0 Å². The third-order valence-electron chi connectivity index (χ3n) is 6.44. The molecule has 4 rings (SSSR count). The molecular weight excluding hydrogens is 446 g/mol. The van der Waals surface area contributed by atoms with Crippen LogP contribution in [-0.2, 0) is 5.54 Å². The topological polar surface area (TPSA) is 97.3 Å². The highest BCUT2D eigenvalue weighted by atomic mass is 79.9. The molecule has 2 unspecified atom stereocenters. The maximum Gasteiger partial charge on any atom is 0.269 e. The predicted molar refractivity (Wildman–Crippen MR) is 122 cm³/mol. The van der Waals surface area contributed by atoms with Gasteiger partial charge < -0.3 is 16.0 Å². The molecule has 2 heterocycles. The highest BCUT2D eigenvalue weighted by molar-refractivity contribution is 9.10. The van der Waals surface area contributed by atoms with Gasteiger partial charge in [0.2, 0.25) is 0 Å². The third-order valence-corrected chi connectivity index (χ3v) is 6.93. The largest absolute Gasteiger partial charge is 0.370 e. The molecule has 1 saturated carbocycles. The molecule has 0 amide bonds. The lowest BCUT2D eigenvalue weighted by atomic mass is 9.75. The van der Waals surface area contributed by atoms with Crippen molar-refractivity contribution in [2.75, 3.05) is 18.0 Å². The van der Waals surface area contributed by atoms with Crippen molar-refractivity contribution < 1.29 is 4.92 Å². The lowest BCUT2D eigenvalue weighted by Gasteiger charge is -2.45. The predicted octanol–water partition coefficient (Wildman–Crippen LogP) is 4.11. The Hall–Kier alpha value is -2.03. The van der Waals surface area contributed by atoms with Crippen molar-refractivity contribution in [2.45, 2.75) is 56.1 Å². The van der Waals surface area contributed by atoms with Crippen LogP contribution in [0, 0.1) is 10.1 Å². The van der Waals surface area contributed by atoms with E-state index < -0.39 is 5.54 Å². The number of nitrogens with one attached hydrogen (secondary N) is 1. The number of halogens is 1. The summed E-state index contributed by atoms with van der Waals surface area (Å²) in [6.45, 7) is 1.83. The minimum Gasteiger partial charge on any atom is -0.370 e. The molecule has 0 bridgehead atoms. The summed E-state index contributed by atoms with van der Waals surface area (Å²) in [6.07, 6.45) is 8.24. The fourth-order valence-corrected chi connectivity index (χ4v) is 5.15. The van der Waals surface area contributed by atoms with Gasteiger partial charge in [0, 0.05) is 53.7 Å². The molecule has 30 heavy (non-hydrogen) atoms. The van der Waals surface area contributed by atoms with Crippen LogP contribution in [0.2, 0.25) is 0 Å². The molecule has 1 saturated heterocycles. The van der Waals surface area contributed by atoms with Crippen LogP contribution in [-0.4, -0.2) is 35.1 Å². The number of rotatable bonds is 5. The van der Waals surface area contributed by atoms with Gasteiger partial charge in [0.25, 0.3) is 5.69 Å². The van der Waals surface area contributed by atoms with Crippen molar-refractivity contribution >= 4 is 27.3 Å². The SMILES string of the molecule is NC1(c2cc(Br)ccn2)CCCCC1N[C@H]1CCCN(c2ccc([N+](=O)[O-])cc2)C1. The summed E-state index contributed by atoms with van der Waals surface area (Å²) in [5, 5.41) is 14.8. The molecule has 0 radical (unpaired) electrons. The second kappa shape index (κ2) is 8.99. The van der Waals surface area contributed by atoms with Crippen LogP contribution in [0.5, 0.6) is 0 Å². The first kappa shape index (κ1) is 21.2. The van der Waals surface area contributed by atoms with E-state index in [1.54, 1.807) is 12.1 Å². The minimum absolute atomic E-state index is 0.127. The van der Waals surface area contributed by atoms with Crippen LogP contribution < -0.4 is 16.0 Å². The number of pyridine rings is 1. The molecule has 1 aromatic heterocycles. The first-order valence-electron chi connectivity index (χ1n) is 10.6. The number of non-ortho nitro benzene ring substituents is 1. The molecule has 2 fully saturated rings. The zero-order valence-corrected chi connectivity index (χ0v) is 18.6. The molecule has 1 aromatic carbocycles. The summed E-state index contributed by atoms with van der Waals surface area (Å²) in [5.41, 5.74) is 8.60. The number of nitrogens with zero attached hydrogens (tertiary/aromatic N) is 3. The van der Waals surface area contributed by atoms with E-state index in [0.717, 1.165) is 61.0 Å². The molecule has 2 aliphatic rings. The van der Waals surface area contributed by atoms with Gasteiger partial charge in [-0.15, -0.1) is 0 Å². The van der Waals surface area contributed by atoms with Crippen LogP contribution in [0.3, 0.4) is 0 Å². The van der Waals surface area contributed by atoms with Gasteiger partial charge in [-0.05, 0) is 49.9 Å². The fourth-order valence-electron chi connectivity index (χ4n) is 4.81. The Balaban J connectivity index is 1.47. The normalized spacial score (nSPS) is 27.1. The van der Waals surface area contributed by atoms with E-state index in [1.807, 2.05) is 30.5 Å². The molecule has 8 heteroatoms. The molecule has 0 spiro atoms. The summed E-state index contributed by atoms with van der Waals surface area (Å²) in [7, 11) is 0. The number of piperidine rings is 1. The highest BCUT2D eigenvalue weighted by Gasteiger charge is 2.41. The van der Waals surface area contributed by atoms with Crippen LogP contribution in [0.25, 0.3) is 0 Å². The van der Waals surface area contributed by atoms with E-state index in [-0.39, 0.29) is 16.7 Å². The average Bonchev–Trinajstić information content (AvgIpc) is 2.76. The standard InChI is InChI=1S/C22H28BrN5O2/c23-16-10-12-25-21(14-16)22(24)11-2-1-5-20(22)26-17-4-3-13-27(15-17)18-6-8-19(9-7-18)28(29)30/h6-10,12,14,17,20,26H,1-5,11,13,15,24H2/t17-,20?,22?/m0/s1. The molecule has 7 nitrogen and oxygen atoms in total.